The smallest absolute Gasteiger partial charge is 0.260 e. The molecule has 0 spiro atoms. The van der Waals surface area contributed by atoms with E-state index in [1.165, 1.54) is 0 Å². The van der Waals surface area contributed by atoms with Gasteiger partial charge in [0.25, 0.3) is 5.91 Å². The highest BCUT2D eigenvalue weighted by atomic mass is 32.2. The number of nitrogens with one attached hydrogen (secondary N) is 2. The molecule has 25 heavy (non-hydrogen) atoms. The Kier molecular flexibility index (Phi) is 6.55. The number of nitrogens with zero attached hydrogens (tertiary/aromatic N) is 1. The minimum atomic E-state index is -1.57. The molecule has 0 bridgehead atoms. The molecule has 1 aromatic carbocycles. The monoisotopic (exact) mass is 377 g/mol. The third kappa shape index (κ3) is 5.82. The van der Waals surface area contributed by atoms with Gasteiger partial charge < -0.3 is 10.6 Å². The Morgan fingerprint density at radius 2 is 1.96 bits per heavy atom. The van der Waals surface area contributed by atoms with Gasteiger partial charge in [-0.3, -0.25) is 14.4 Å². The van der Waals surface area contributed by atoms with Crippen LogP contribution in [0.25, 0.3) is 0 Å². The molecule has 6 nitrogen and oxygen atoms in total. The fourth-order valence-electron chi connectivity index (χ4n) is 2.31. The second-order valence-corrected chi connectivity index (χ2v) is 13.1. The van der Waals surface area contributed by atoms with Gasteiger partial charge in [0, 0.05) is 13.8 Å². The fourth-order valence-corrected chi connectivity index (χ4v) is 4.73. The van der Waals surface area contributed by atoms with Crippen LogP contribution in [-0.2, 0) is 14.4 Å². The predicted molar refractivity (Wildman–Crippen MR) is 104 cm³/mol. The molecule has 3 amide bonds. The number of amides is 3. The summed E-state index contributed by atoms with van der Waals surface area (Å²) >= 11 is 1.05. The predicted octanol–water partition coefficient (Wildman–Crippen LogP) is 2.72. The van der Waals surface area contributed by atoms with Crippen LogP contribution in [0, 0.1) is 5.92 Å². The topological polar surface area (TPSA) is 87.6 Å². The minimum Gasteiger partial charge on any atom is -0.325 e. The SMILES string of the molecule is CC[Si](C)(C)C[C@@H]1C(=O)N=C(SCC(=O)Nc2ccccc2)NC1=O. The van der Waals surface area contributed by atoms with Crippen LogP contribution < -0.4 is 10.6 Å². The second kappa shape index (κ2) is 8.44. The zero-order chi connectivity index (χ0) is 18.4. The summed E-state index contributed by atoms with van der Waals surface area (Å²) in [4.78, 5) is 40.3. The third-order valence-electron chi connectivity index (χ3n) is 4.17. The van der Waals surface area contributed by atoms with Gasteiger partial charge in [-0.1, -0.05) is 56.0 Å². The Morgan fingerprint density at radius 1 is 1.28 bits per heavy atom. The van der Waals surface area contributed by atoms with E-state index in [4.69, 9.17) is 0 Å². The lowest BCUT2D eigenvalue weighted by Crippen LogP contribution is -2.46. The molecular weight excluding hydrogens is 354 g/mol. The number of benzene rings is 1. The highest BCUT2D eigenvalue weighted by Gasteiger charge is 2.36. The first-order valence-electron chi connectivity index (χ1n) is 8.22. The highest BCUT2D eigenvalue weighted by Crippen LogP contribution is 2.24. The maximum absolute atomic E-state index is 12.2. The van der Waals surface area contributed by atoms with Gasteiger partial charge in [0.2, 0.25) is 11.8 Å². The standard InChI is InChI=1S/C17H23N3O3SSi/c1-4-25(2,3)11-13-15(22)19-17(20-16(13)23)24-10-14(21)18-12-8-6-5-7-9-12/h5-9,13H,4,10-11H2,1-3H3,(H,18,21)(H,19,20,22,23). The van der Waals surface area contributed by atoms with Crippen LogP contribution in [0.1, 0.15) is 6.92 Å². The van der Waals surface area contributed by atoms with E-state index in [1.54, 1.807) is 12.1 Å². The number of carbonyl (C=O) groups is 3. The summed E-state index contributed by atoms with van der Waals surface area (Å²) in [6.07, 6.45) is 0. The van der Waals surface area contributed by atoms with Crippen LogP contribution in [0.2, 0.25) is 25.2 Å². The summed E-state index contributed by atoms with van der Waals surface area (Å²) in [6.45, 7) is 6.41. The molecule has 0 fully saturated rings. The van der Waals surface area contributed by atoms with E-state index in [0.29, 0.717) is 11.7 Å². The van der Waals surface area contributed by atoms with E-state index < -0.39 is 19.9 Å². The van der Waals surface area contributed by atoms with Crippen LogP contribution in [0.3, 0.4) is 0 Å². The third-order valence-corrected chi connectivity index (χ3v) is 8.47. The van der Waals surface area contributed by atoms with E-state index >= 15 is 0 Å². The number of thioether (sulfide) groups is 1. The molecule has 0 saturated heterocycles. The van der Waals surface area contributed by atoms with Crippen molar-refractivity contribution in [2.24, 2.45) is 10.9 Å². The van der Waals surface area contributed by atoms with Gasteiger partial charge in [-0.15, -0.1) is 0 Å². The van der Waals surface area contributed by atoms with Crippen LogP contribution in [0.4, 0.5) is 5.69 Å². The van der Waals surface area contributed by atoms with Crippen molar-refractivity contribution >= 4 is 48.4 Å². The number of anilines is 1. The lowest BCUT2D eigenvalue weighted by molar-refractivity contribution is -0.132. The van der Waals surface area contributed by atoms with Gasteiger partial charge in [0.1, 0.15) is 5.92 Å². The van der Waals surface area contributed by atoms with E-state index in [2.05, 4.69) is 35.6 Å². The zero-order valence-electron chi connectivity index (χ0n) is 14.7. The Hall–Kier alpha value is -1.93. The van der Waals surface area contributed by atoms with Gasteiger partial charge in [0.05, 0.1) is 5.75 Å². The molecule has 2 N–H and O–H groups in total. The van der Waals surface area contributed by atoms with Gasteiger partial charge in [-0.05, 0) is 18.2 Å². The first-order valence-corrected chi connectivity index (χ1v) is 12.6. The molecule has 1 heterocycles. The molecule has 1 aliphatic rings. The normalized spacial score (nSPS) is 17.7. The minimum absolute atomic E-state index is 0.0706. The molecule has 0 aliphatic carbocycles. The number of para-hydroxylation sites is 1. The van der Waals surface area contributed by atoms with Crippen LogP contribution in [-0.4, -0.2) is 36.7 Å². The number of rotatable bonds is 6. The van der Waals surface area contributed by atoms with Gasteiger partial charge >= 0.3 is 0 Å². The quantitative estimate of drug-likeness (QED) is 0.589. The highest BCUT2D eigenvalue weighted by molar-refractivity contribution is 8.14. The Morgan fingerprint density at radius 3 is 2.56 bits per heavy atom. The largest absolute Gasteiger partial charge is 0.325 e. The Labute approximate surface area is 152 Å². The summed E-state index contributed by atoms with van der Waals surface area (Å²) in [5.41, 5.74) is 0.700. The van der Waals surface area contributed by atoms with Crippen molar-refractivity contribution in [1.29, 1.82) is 0 Å². The van der Waals surface area contributed by atoms with Crippen molar-refractivity contribution < 1.29 is 14.4 Å². The van der Waals surface area contributed by atoms with Crippen molar-refractivity contribution in [3.63, 3.8) is 0 Å². The number of carbonyl (C=O) groups excluding carboxylic acids is 3. The first-order chi connectivity index (χ1) is 11.8. The summed E-state index contributed by atoms with van der Waals surface area (Å²) in [5, 5.41) is 5.60. The lowest BCUT2D eigenvalue weighted by Gasteiger charge is -2.26. The van der Waals surface area contributed by atoms with Crippen LogP contribution in [0.5, 0.6) is 0 Å². The molecular formula is C17H23N3O3SSi. The average Bonchev–Trinajstić information content (AvgIpc) is 2.57. The number of hydrogen-bond acceptors (Lipinski definition) is 4. The number of hydrogen-bond donors (Lipinski definition) is 2. The molecule has 134 valence electrons. The molecule has 1 aromatic rings. The van der Waals surface area contributed by atoms with Crippen molar-refractivity contribution in [2.75, 3.05) is 11.1 Å². The summed E-state index contributed by atoms with van der Waals surface area (Å²) < 4.78 is 0. The maximum Gasteiger partial charge on any atom is 0.260 e. The number of aliphatic imine (C=N–C) groups is 1. The molecule has 0 radical (unpaired) electrons. The van der Waals surface area contributed by atoms with E-state index in [0.717, 1.165) is 17.8 Å². The fraction of sp³-hybridized carbons (Fsp3) is 0.412. The van der Waals surface area contributed by atoms with E-state index in [1.807, 2.05) is 18.2 Å². The van der Waals surface area contributed by atoms with Crippen molar-refractivity contribution in [1.82, 2.24) is 5.32 Å². The Balaban J connectivity index is 1.90. The van der Waals surface area contributed by atoms with Crippen molar-refractivity contribution in [2.45, 2.75) is 32.1 Å². The molecule has 1 aliphatic heterocycles. The van der Waals surface area contributed by atoms with Gasteiger partial charge in [0.15, 0.2) is 5.17 Å². The van der Waals surface area contributed by atoms with Gasteiger partial charge in [-0.25, -0.2) is 0 Å². The summed E-state index contributed by atoms with van der Waals surface area (Å²) in [6, 6.07) is 10.7. The van der Waals surface area contributed by atoms with Crippen molar-refractivity contribution in [3.05, 3.63) is 30.3 Å². The first kappa shape index (κ1) is 19.4. The Bertz CT molecular complexity index is 692. The van der Waals surface area contributed by atoms with E-state index in [9.17, 15) is 14.4 Å². The van der Waals surface area contributed by atoms with E-state index in [-0.39, 0.29) is 22.7 Å². The molecule has 8 heteroatoms. The van der Waals surface area contributed by atoms with Crippen LogP contribution in [0.15, 0.2) is 35.3 Å². The molecule has 0 aromatic heterocycles. The molecule has 0 unspecified atom stereocenters. The molecule has 2 rings (SSSR count). The second-order valence-electron chi connectivity index (χ2n) is 6.72. The zero-order valence-corrected chi connectivity index (χ0v) is 16.5. The molecule has 0 saturated carbocycles. The van der Waals surface area contributed by atoms with Crippen molar-refractivity contribution in [3.8, 4) is 0 Å². The number of amidine groups is 1. The van der Waals surface area contributed by atoms with Crippen LogP contribution >= 0.6 is 11.8 Å². The lowest BCUT2D eigenvalue weighted by atomic mass is 10.1. The molecule has 1 atom stereocenters. The van der Waals surface area contributed by atoms with Gasteiger partial charge in [-0.2, -0.15) is 4.99 Å². The summed E-state index contributed by atoms with van der Waals surface area (Å²) in [7, 11) is -1.57. The maximum atomic E-state index is 12.2. The average molecular weight is 378 g/mol. The summed E-state index contributed by atoms with van der Waals surface area (Å²) in [5.74, 6) is -1.55.